The van der Waals surface area contributed by atoms with Gasteiger partial charge < -0.3 is 9.73 Å². The Kier molecular flexibility index (Phi) is 5.21. The van der Waals surface area contributed by atoms with Gasteiger partial charge in [0.05, 0.1) is 6.54 Å². The van der Waals surface area contributed by atoms with E-state index in [1.165, 1.54) is 5.39 Å². The summed E-state index contributed by atoms with van der Waals surface area (Å²) >= 11 is 0. The van der Waals surface area contributed by atoms with Crippen LogP contribution in [0.3, 0.4) is 0 Å². The van der Waals surface area contributed by atoms with Gasteiger partial charge in [0.25, 0.3) is 0 Å². The molecule has 2 aromatic rings. The predicted octanol–water partition coefficient (Wildman–Crippen LogP) is 3.64. The molecule has 110 valence electrons. The summed E-state index contributed by atoms with van der Waals surface area (Å²) in [5.74, 6) is 1.01. The summed E-state index contributed by atoms with van der Waals surface area (Å²) < 4.78 is 5.79. The Hall–Kier alpha value is -1.32. The van der Waals surface area contributed by atoms with Crippen molar-refractivity contribution in [3.63, 3.8) is 0 Å². The Labute approximate surface area is 122 Å². The largest absolute Gasteiger partial charge is 0.460 e. The van der Waals surface area contributed by atoms with Gasteiger partial charge in [-0.3, -0.25) is 4.90 Å². The number of hydrogen-bond donors (Lipinski definition) is 1. The van der Waals surface area contributed by atoms with Crippen molar-refractivity contribution in [2.75, 3.05) is 13.1 Å². The molecule has 3 heteroatoms. The van der Waals surface area contributed by atoms with Crippen molar-refractivity contribution in [1.82, 2.24) is 10.2 Å². The molecule has 1 N–H and O–H groups in total. The molecule has 0 spiro atoms. The van der Waals surface area contributed by atoms with Gasteiger partial charge in [0.15, 0.2) is 0 Å². The van der Waals surface area contributed by atoms with E-state index < -0.39 is 0 Å². The van der Waals surface area contributed by atoms with Gasteiger partial charge in [-0.25, -0.2) is 0 Å². The van der Waals surface area contributed by atoms with Crippen molar-refractivity contribution in [1.29, 1.82) is 0 Å². The maximum Gasteiger partial charge on any atom is 0.134 e. The number of hydrogen-bond acceptors (Lipinski definition) is 3. The van der Waals surface area contributed by atoms with E-state index in [0.717, 1.165) is 31.0 Å². The Morgan fingerprint density at radius 3 is 2.45 bits per heavy atom. The number of nitrogens with zero attached hydrogens (tertiary/aromatic N) is 1. The molecule has 20 heavy (non-hydrogen) atoms. The number of benzene rings is 1. The number of furan rings is 1. The second-order valence-corrected chi connectivity index (χ2v) is 5.85. The lowest BCUT2D eigenvalue weighted by Gasteiger charge is -2.30. The van der Waals surface area contributed by atoms with Gasteiger partial charge in [0.1, 0.15) is 11.3 Å². The van der Waals surface area contributed by atoms with Crippen LogP contribution < -0.4 is 5.32 Å². The SMILES string of the molecule is CC(C)N(CCNCc1cc2ccccc2o1)C(C)C. The van der Waals surface area contributed by atoms with Crippen LogP contribution in [-0.4, -0.2) is 30.1 Å². The average Bonchev–Trinajstić information content (AvgIpc) is 2.80. The first-order valence-corrected chi connectivity index (χ1v) is 7.52. The molecule has 0 saturated carbocycles. The number of fused-ring (bicyclic) bond motifs is 1. The lowest BCUT2D eigenvalue weighted by molar-refractivity contribution is 0.175. The topological polar surface area (TPSA) is 28.4 Å². The highest BCUT2D eigenvalue weighted by atomic mass is 16.3. The van der Waals surface area contributed by atoms with Gasteiger partial charge in [-0.05, 0) is 39.8 Å². The fourth-order valence-corrected chi connectivity index (χ4v) is 2.66. The molecule has 1 aromatic carbocycles. The third kappa shape index (κ3) is 3.84. The van der Waals surface area contributed by atoms with Crippen molar-refractivity contribution in [2.24, 2.45) is 0 Å². The summed E-state index contributed by atoms with van der Waals surface area (Å²) in [6.07, 6.45) is 0. The fourth-order valence-electron chi connectivity index (χ4n) is 2.66. The van der Waals surface area contributed by atoms with Crippen molar-refractivity contribution in [3.8, 4) is 0 Å². The maximum absolute atomic E-state index is 5.79. The van der Waals surface area contributed by atoms with Crippen molar-refractivity contribution >= 4 is 11.0 Å². The first-order valence-electron chi connectivity index (χ1n) is 7.52. The van der Waals surface area contributed by atoms with Gasteiger partial charge in [-0.2, -0.15) is 0 Å². The molecule has 1 aromatic heterocycles. The lowest BCUT2D eigenvalue weighted by Crippen LogP contribution is -2.41. The Morgan fingerprint density at radius 2 is 1.80 bits per heavy atom. The molecule has 0 aliphatic carbocycles. The summed E-state index contributed by atoms with van der Waals surface area (Å²) in [6.45, 7) is 11.8. The highest BCUT2D eigenvalue weighted by Gasteiger charge is 2.12. The third-order valence-electron chi connectivity index (χ3n) is 3.65. The van der Waals surface area contributed by atoms with Crippen molar-refractivity contribution in [3.05, 3.63) is 36.1 Å². The van der Waals surface area contributed by atoms with E-state index >= 15 is 0 Å². The van der Waals surface area contributed by atoms with Crippen LogP contribution in [0, 0.1) is 0 Å². The average molecular weight is 274 g/mol. The molecule has 0 atom stereocenters. The highest BCUT2D eigenvalue weighted by Crippen LogP contribution is 2.18. The van der Waals surface area contributed by atoms with Gasteiger partial charge in [-0.15, -0.1) is 0 Å². The standard InChI is InChI=1S/C17H26N2O/c1-13(2)19(14(3)4)10-9-18-12-16-11-15-7-5-6-8-17(15)20-16/h5-8,11,13-14,18H,9-10,12H2,1-4H3. The van der Waals surface area contributed by atoms with Crippen LogP contribution in [-0.2, 0) is 6.54 Å². The van der Waals surface area contributed by atoms with Gasteiger partial charge in [0.2, 0.25) is 0 Å². The minimum absolute atomic E-state index is 0.586. The Morgan fingerprint density at radius 1 is 1.10 bits per heavy atom. The molecule has 2 rings (SSSR count). The zero-order chi connectivity index (χ0) is 14.5. The summed E-state index contributed by atoms with van der Waals surface area (Å²) in [4.78, 5) is 2.49. The lowest BCUT2D eigenvalue weighted by atomic mass is 10.2. The van der Waals surface area contributed by atoms with E-state index in [1.54, 1.807) is 0 Å². The van der Waals surface area contributed by atoms with E-state index in [2.05, 4.69) is 50.0 Å². The molecule has 0 amide bonds. The number of nitrogens with one attached hydrogen (secondary N) is 1. The zero-order valence-electron chi connectivity index (χ0n) is 13.0. The van der Waals surface area contributed by atoms with Crippen LogP contribution in [0.25, 0.3) is 11.0 Å². The molecular formula is C17H26N2O. The zero-order valence-corrected chi connectivity index (χ0v) is 13.0. The minimum Gasteiger partial charge on any atom is -0.460 e. The number of rotatable bonds is 7. The fraction of sp³-hybridized carbons (Fsp3) is 0.529. The van der Waals surface area contributed by atoms with E-state index in [4.69, 9.17) is 4.42 Å². The van der Waals surface area contributed by atoms with Crippen LogP contribution in [0.2, 0.25) is 0 Å². The van der Waals surface area contributed by atoms with Crippen molar-refractivity contribution < 1.29 is 4.42 Å². The first-order chi connectivity index (χ1) is 9.58. The summed E-state index contributed by atoms with van der Waals surface area (Å²) in [5.41, 5.74) is 0.968. The smallest absolute Gasteiger partial charge is 0.134 e. The number of para-hydroxylation sites is 1. The Bertz CT molecular complexity index is 490. The predicted molar refractivity (Wildman–Crippen MR) is 84.9 cm³/mol. The second-order valence-electron chi connectivity index (χ2n) is 5.85. The van der Waals surface area contributed by atoms with Crippen LogP contribution in [0.5, 0.6) is 0 Å². The van der Waals surface area contributed by atoms with E-state index in [-0.39, 0.29) is 0 Å². The molecular weight excluding hydrogens is 248 g/mol. The van der Waals surface area contributed by atoms with Crippen LogP contribution >= 0.6 is 0 Å². The minimum atomic E-state index is 0.586. The summed E-state index contributed by atoms with van der Waals surface area (Å²) in [6, 6.07) is 11.4. The molecule has 0 unspecified atom stereocenters. The van der Waals surface area contributed by atoms with Crippen LogP contribution in [0.15, 0.2) is 34.7 Å². The van der Waals surface area contributed by atoms with Crippen LogP contribution in [0.1, 0.15) is 33.5 Å². The van der Waals surface area contributed by atoms with E-state index in [1.807, 2.05) is 18.2 Å². The van der Waals surface area contributed by atoms with Gasteiger partial charge in [0, 0.05) is 30.6 Å². The summed E-state index contributed by atoms with van der Waals surface area (Å²) in [7, 11) is 0. The molecule has 0 aliphatic rings. The Balaban J connectivity index is 1.81. The molecule has 0 aliphatic heterocycles. The molecule has 0 fully saturated rings. The maximum atomic E-state index is 5.79. The third-order valence-corrected chi connectivity index (χ3v) is 3.65. The molecule has 1 heterocycles. The molecule has 0 bridgehead atoms. The van der Waals surface area contributed by atoms with E-state index in [9.17, 15) is 0 Å². The second kappa shape index (κ2) is 6.91. The molecule has 0 radical (unpaired) electrons. The molecule has 0 saturated heterocycles. The van der Waals surface area contributed by atoms with Gasteiger partial charge in [-0.1, -0.05) is 18.2 Å². The normalized spacial score (nSPS) is 12.2. The van der Waals surface area contributed by atoms with Crippen LogP contribution in [0.4, 0.5) is 0 Å². The van der Waals surface area contributed by atoms with E-state index in [0.29, 0.717) is 12.1 Å². The highest BCUT2D eigenvalue weighted by molar-refractivity contribution is 5.77. The first kappa shape index (κ1) is 15.1. The monoisotopic (exact) mass is 274 g/mol. The van der Waals surface area contributed by atoms with Gasteiger partial charge >= 0.3 is 0 Å². The van der Waals surface area contributed by atoms with Crippen molar-refractivity contribution in [2.45, 2.75) is 46.3 Å². The summed E-state index contributed by atoms with van der Waals surface area (Å²) in [5, 5.41) is 4.64. The molecule has 3 nitrogen and oxygen atoms in total. The quantitative estimate of drug-likeness (QED) is 0.781.